The predicted octanol–water partition coefficient (Wildman–Crippen LogP) is 1.13. The van der Waals surface area contributed by atoms with Crippen molar-refractivity contribution < 1.29 is 12.6 Å². The molecule has 1 atom stereocenters. The van der Waals surface area contributed by atoms with Gasteiger partial charge in [-0.15, -0.1) is 0 Å². The van der Waals surface area contributed by atoms with Crippen molar-refractivity contribution in [1.29, 1.82) is 0 Å². The molecule has 1 aromatic rings. The highest BCUT2D eigenvalue weighted by atomic mass is 32.2. The first-order chi connectivity index (χ1) is 6.56. The van der Waals surface area contributed by atoms with Crippen LogP contribution >= 0.6 is 0 Å². The number of para-hydroxylation sites is 1. The standard InChI is InChI=1S/C9H11NO3S/c1-14(11,12)13-9-6-10-8-5-3-2-4-7(8)9/h2-5,9-10H,6H2,1H3. The largest absolute Gasteiger partial charge is 0.382 e. The maximum absolute atomic E-state index is 10.9. The van der Waals surface area contributed by atoms with Crippen molar-refractivity contribution in [2.24, 2.45) is 0 Å². The summed E-state index contributed by atoms with van der Waals surface area (Å²) in [5.74, 6) is 0. The van der Waals surface area contributed by atoms with Gasteiger partial charge in [0.1, 0.15) is 6.10 Å². The van der Waals surface area contributed by atoms with Gasteiger partial charge in [-0.2, -0.15) is 8.42 Å². The fourth-order valence-electron chi connectivity index (χ4n) is 1.55. The first kappa shape index (κ1) is 9.48. The van der Waals surface area contributed by atoms with Crippen molar-refractivity contribution in [1.82, 2.24) is 0 Å². The van der Waals surface area contributed by atoms with Crippen LogP contribution in [0.15, 0.2) is 24.3 Å². The summed E-state index contributed by atoms with van der Waals surface area (Å²) in [5, 5.41) is 3.08. The molecule has 0 aliphatic carbocycles. The number of hydrogen-bond acceptors (Lipinski definition) is 4. The highest BCUT2D eigenvalue weighted by molar-refractivity contribution is 7.86. The lowest BCUT2D eigenvalue weighted by atomic mass is 10.1. The van der Waals surface area contributed by atoms with Gasteiger partial charge in [0.2, 0.25) is 0 Å². The maximum atomic E-state index is 10.9. The molecule has 1 unspecified atom stereocenters. The van der Waals surface area contributed by atoms with Crippen LogP contribution in [0, 0.1) is 0 Å². The lowest BCUT2D eigenvalue weighted by Gasteiger charge is -2.08. The molecule has 1 aromatic carbocycles. The highest BCUT2D eigenvalue weighted by Gasteiger charge is 2.25. The number of fused-ring (bicyclic) bond motifs is 1. The Morgan fingerprint density at radius 1 is 1.43 bits per heavy atom. The molecule has 0 fully saturated rings. The van der Waals surface area contributed by atoms with Crippen molar-refractivity contribution in [3.8, 4) is 0 Å². The van der Waals surface area contributed by atoms with E-state index in [4.69, 9.17) is 4.18 Å². The summed E-state index contributed by atoms with van der Waals surface area (Å²) in [6, 6.07) is 7.53. The van der Waals surface area contributed by atoms with Gasteiger partial charge in [-0.1, -0.05) is 18.2 Å². The van der Waals surface area contributed by atoms with Crippen LogP contribution in [0.25, 0.3) is 0 Å². The van der Waals surface area contributed by atoms with E-state index in [0.717, 1.165) is 17.5 Å². The Balaban J connectivity index is 2.27. The molecule has 1 heterocycles. The molecular formula is C9H11NO3S. The minimum absolute atomic E-state index is 0.388. The summed E-state index contributed by atoms with van der Waals surface area (Å²) < 4.78 is 26.8. The minimum Gasteiger partial charge on any atom is -0.382 e. The molecule has 0 aromatic heterocycles. The molecule has 0 amide bonds. The SMILES string of the molecule is CS(=O)(=O)OC1CNc2ccccc21. The summed E-state index contributed by atoms with van der Waals surface area (Å²) in [4.78, 5) is 0. The highest BCUT2D eigenvalue weighted by Crippen LogP contribution is 2.32. The van der Waals surface area contributed by atoms with E-state index in [1.165, 1.54) is 0 Å². The number of anilines is 1. The first-order valence-electron chi connectivity index (χ1n) is 4.27. The molecule has 2 rings (SSSR count). The van der Waals surface area contributed by atoms with Crippen LogP contribution in [0.3, 0.4) is 0 Å². The van der Waals surface area contributed by atoms with Crippen molar-refractivity contribution in [2.75, 3.05) is 18.1 Å². The number of benzene rings is 1. The fraction of sp³-hybridized carbons (Fsp3) is 0.333. The molecule has 76 valence electrons. The predicted molar refractivity (Wildman–Crippen MR) is 53.6 cm³/mol. The van der Waals surface area contributed by atoms with Crippen LogP contribution in [0.2, 0.25) is 0 Å². The van der Waals surface area contributed by atoms with E-state index in [0.29, 0.717) is 6.54 Å². The molecule has 1 aliphatic rings. The van der Waals surface area contributed by atoms with E-state index in [9.17, 15) is 8.42 Å². The maximum Gasteiger partial charge on any atom is 0.265 e. The molecule has 0 bridgehead atoms. The topological polar surface area (TPSA) is 55.4 Å². The second kappa shape index (κ2) is 3.25. The van der Waals surface area contributed by atoms with Crippen LogP contribution in [0.1, 0.15) is 11.7 Å². The van der Waals surface area contributed by atoms with E-state index in [-0.39, 0.29) is 6.10 Å². The molecule has 4 nitrogen and oxygen atoms in total. The van der Waals surface area contributed by atoms with E-state index >= 15 is 0 Å². The Labute approximate surface area is 83.0 Å². The summed E-state index contributed by atoms with van der Waals surface area (Å²) >= 11 is 0. The van der Waals surface area contributed by atoms with E-state index in [1.54, 1.807) is 0 Å². The average Bonchev–Trinajstić information content (AvgIpc) is 2.47. The Kier molecular flexibility index (Phi) is 2.20. The summed E-state index contributed by atoms with van der Waals surface area (Å²) in [7, 11) is -3.39. The number of nitrogens with one attached hydrogen (secondary N) is 1. The molecule has 0 radical (unpaired) electrons. The first-order valence-corrected chi connectivity index (χ1v) is 6.09. The monoisotopic (exact) mass is 213 g/mol. The summed E-state index contributed by atoms with van der Waals surface area (Å²) in [5.41, 5.74) is 1.85. The molecule has 1 N–H and O–H groups in total. The quantitative estimate of drug-likeness (QED) is 0.748. The van der Waals surface area contributed by atoms with E-state index in [2.05, 4.69) is 5.32 Å². The second-order valence-electron chi connectivity index (χ2n) is 3.26. The van der Waals surface area contributed by atoms with Gasteiger partial charge in [0.25, 0.3) is 10.1 Å². The third kappa shape index (κ3) is 1.88. The summed E-state index contributed by atoms with van der Waals surface area (Å²) in [6.07, 6.45) is 0.676. The molecule has 0 saturated carbocycles. The van der Waals surface area contributed by atoms with Crippen molar-refractivity contribution in [3.63, 3.8) is 0 Å². The zero-order valence-corrected chi connectivity index (χ0v) is 8.54. The molecular weight excluding hydrogens is 202 g/mol. The third-order valence-electron chi connectivity index (χ3n) is 2.08. The van der Waals surface area contributed by atoms with Gasteiger partial charge in [-0.25, -0.2) is 0 Å². The molecule has 5 heteroatoms. The number of hydrogen-bond donors (Lipinski definition) is 1. The Hall–Kier alpha value is -1.07. The summed E-state index contributed by atoms with van der Waals surface area (Å²) in [6.45, 7) is 0.506. The van der Waals surface area contributed by atoms with Gasteiger partial charge in [-0.3, -0.25) is 4.18 Å². The minimum atomic E-state index is -3.39. The smallest absolute Gasteiger partial charge is 0.265 e. The van der Waals surface area contributed by atoms with Gasteiger partial charge >= 0.3 is 0 Å². The molecule has 0 spiro atoms. The molecule has 14 heavy (non-hydrogen) atoms. The number of rotatable bonds is 2. The second-order valence-corrected chi connectivity index (χ2v) is 4.86. The lowest BCUT2D eigenvalue weighted by molar-refractivity contribution is 0.237. The average molecular weight is 213 g/mol. The van der Waals surface area contributed by atoms with Gasteiger partial charge < -0.3 is 5.32 Å². The zero-order valence-electron chi connectivity index (χ0n) is 7.73. The van der Waals surface area contributed by atoms with Gasteiger partial charge in [0.05, 0.1) is 6.26 Å². The van der Waals surface area contributed by atoms with Gasteiger partial charge in [0, 0.05) is 17.8 Å². The van der Waals surface area contributed by atoms with E-state index in [1.807, 2.05) is 24.3 Å². The van der Waals surface area contributed by atoms with Gasteiger partial charge in [0.15, 0.2) is 0 Å². The van der Waals surface area contributed by atoms with Crippen molar-refractivity contribution in [2.45, 2.75) is 6.10 Å². The Morgan fingerprint density at radius 3 is 2.86 bits per heavy atom. The van der Waals surface area contributed by atoms with Crippen molar-refractivity contribution >= 4 is 15.8 Å². The Bertz CT molecular complexity index is 441. The molecule has 1 aliphatic heterocycles. The van der Waals surface area contributed by atoms with Crippen molar-refractivity contribution in [3.05, 3.63) is 29.8 Å². The van der Waals surface area contributed by atoms with Crippen LogP contribution in [0.4, 0.5) is 5.69 Å². The molecule has 0 saturated heterocycles. The van der Waals surface area contributed by atoms with E-state index < -0.39 is 10.1 Å². The third-order valence-corrected chi connectivity index (χ3v) is 2.66. The van der Waals surface area contributed by atoms with Crippen LogP contribution in [-0.4, -0.2) is 21.2 Å². The zero-order chi connectivity index (χ0) is 10.2. The van der Waals surface area contributed by atoms with Crippen LogP contribution in [-0.2, 0) is 14.3 Å². The fourth-order valence-corrected chi connectivity index (χ4v) is 2.14. The van der Waals surface area contributed by atoms with Crippen LogP contribution in [0.5, 0.6) is 0 Å². The lowest BCUT2D eigenvalue weighted by Crippen LogP contribution is -2.11. The normalized spacial score (nSPS) is 20.2. The van der Waals surface area contributed by atoms with Crippen LogP contribution < -0.4 is 5.32 Å². The van der Waals surface area contributed by atoms with Gasteiger partial charge in [-0.05, 0) is 6.07 Å². The Morgan fingerprint density at radius 2 is 2.14 bits per heavy atom.